The Kier molecular flexibility index (Phi) is 4.01. The summed E-state index contributed by atoms with van der Waals surface area (Å²) in [4.78, 5) is 10.7. The molecule has 0 radical (unpaired) electrons. The van der Waals surface area contributed by atoms with E-state index in [2.05, 4.69) is 35.7 Å². The summed E-state index contributed by atoms with van der Waals surface area (Å²) in [7, 11) is 0. The second-order valence-corrected chi connectivity index (χ2v) is 6.74. The van der Waals surface area contributed by atoms with Crippen molar-refractivity contribution in [2.75, 3.05) is 0 Å². The number of nitro benzene ring substituents is 1. The zero-order chi connectivity index (χ0) is 17.3. The smallest absolute Gasteiger partial charge is 0.270 e. The largest absolute Gasteiger partial charge is 0.436 e. The minimum atomic E-state index is -0.378. The lowest BCUT2D eigenvalue weighted by Crippen LogP contribution is -2.98. The van der Waals surface area contributed by atoms with Gasteiger partial charge in [-0.25, -0.2) is 0 Å². The molecule has 4 rings (SSSR count). The molecule has 1 saturated carbocycles. The van der Waals surface area contributed by atoms with Gasteiger partial charge in [-0.3, -0.25) is 10.1 Å². The summed E-state index contributed by atoms with van der Waals surface area (Å²) in [6, 6.07) is 15.2. The van der Waals surface area contributed by atoms with E-state index >= 15 is 0 Å². The molecule has 1 atom stereocenters. The number of benzene rings is 2. The molecule has 2 aromatic rings. The predicted octanol–water partition coefficient (Wildman–Crippen LogP) is 3.40. The fraction of sp³-hybridized carbons (Fsp3) is 0.300. The summed E-state index contributed by atoms with van der Waals surface area (Å²) in [5.74, 6) is 0.737. The van der Waals surface area contributed by atoms with E-state index in [9.17, 15) is 10.1 Å². The van der Waals surface area contributed by atoms with Gasteiger partial charge >= 0.3 is 0 Å². The van der Waals surface area contributed by atoms with Crippen molar-refractivity contribution in [3.05, 3.63) is 75.3 Å². The highest BCUT2D eigenvalue weighted by molar-refractivity contribution is 5.66. The van der Waals surface area contributed by atoms with Gasteiger partial charge in [0.05, 0.1) is 4.92 Å². The van der Waals surface area contributed by atoms with Crippen LogP contribution in [0.4, 0.5) is 5.69 Å². The highest BCUT2D eigenvalue weighted by Gasteiger charge is 2.45. The van der Waals surface area contributed by atoms with E-state index in [1.807, 2.05) is 6.07 Å². The number of quaternary nitrogens is 1. The van der Waals surface area contributed by atoms with Crippen LogP contribution in [0.1, 0.15) is 36.8 Å². The van der Waals surface area contributed by atoms with Crippen LogP contribution >= 0.6 is 0 Å². The van der Waals surface area contributed by atoms with Crippen LogP contribution in [0.3, 0.4) is 0 Å². The van der Waals surface area contributed by atoms with E-state index in [1.165, 1.54) is 17.2 Å². The number of rotatable bonds is 4. The molecule has 0 bridgehead atoms. The van der Waals surface area contributed by atoms with Gasteiger partial charge < -0.3 is 10.1 Å². The van der Waals surface area contributed by atoms with Crippen molar-refractivity contribution in [1.82, 2.24) is 0 Å². The van der Waals surface area contributed by atoms with Crippen LogP contribution in [0, 0.1) is 10.1 Å². The highest BCUT2D eigenvalue weighted by atomic mass is 16.6. The third-order valence-electron chi connectivity index (χ3n) is 5.12. The van der Waals surface area contributed by atoms with Gasteiger partial charge in [-0.2, -0.15) is 0 Å². The monoisotopic (exact) mass is 337 g/mol. The first-order chi connectivity index (χ1) is 12.2. The molecule has 2 aliphatic rings. The minimum Gasteiger partial charge on any atom is -0.436 e. The molecule has 2 aromatic carbocycles. The molecule has 0 aromatic heterocycles. The van der Waals surface area contributed by atoms with E-state index in [-0.39, 0.29) is 16.3 Å². The third-order valence-corrected chi connectivity index (χ3v) is 5.12. The Labute approximate surface area is 146 Å². The summed E-state index contributed by atoms with van der Waals surface area (Å²) in [6.07, 6.45) is 6.31. The molecule has 25 heavy (non-hydrogen) atoms. The Morgan fingerprint density at radius 2 is 2.00 bits per heavy atom. The minimum absolute atomic E-state index is 0.107. The summed E-state index contributed by atoms with van der Waals surface area (Å²) in [5, 5.41) is 13.3. The first-order valence-electron chi connectivity index (χ1n) is 8.73. The van der Waals surface area contributed by atoms with Crippen molar-refractivity contribution < 1.29 is 15.0 Å². The van der Waals surface area contributed by atoms with Crippen molar-refractivity contribution in [2.45, 2.75) is 38.0 Å². The number of nitrogens with zero attached hydrogens (tertiary/aromatic N) is 1. The number of fused-ring (bicyclic) bond motifs is 2. The van der Waals surface area contributed by atoms with E-state index in [0.29, 0.717) is 0 Å². The molecule has 1 heterocycles. The third kappa shape index (κ3) is 3.03. The number of hydrogen-bond acceptors (Lipinski definition) is 3. The van der Waals surface area contributed by atoms with Crippen LogP contribution in [0.5, 0.6) is 5.75 Å². The van der Waals surface area contributed by atoms with Gasteiger partial charge in [0.1, 0.15) is 12.3 Å². The van der Waals surface area contributed by atoms with E-state index in [0.717, 1.165) is 43.5 Å². The lowest BCUT2D eigenvalue weighted by atomic mass is 9.83. The number of nitro groups is 1. The first-order valence-corrected chi connectivity index (χ1v) is 8.73. The molecule has 5 nitrogen and oxygen atoms in total. The van der Waals surface area contributed by atoms with Crippen LogP contribution in [0.15, 0.2) is 54.1 Å². The predicted molar refractivity (Wildman–Crippen MR) is 95.0 cm³/mol. The Hall–Kier alpha value is -2.66. The van der Waals surface area contributed by atoms with Crippen molar-refractivity contribution in [1.29, 1.82) is 0 Å². The lowest BCUT2D eigenvalue weighted by molar-refractivity contribution is -0.766. The summed E-state index contributed by atoms with van der Waals surface area (Å²) in [5.41, 5.74) is 3.05. The van der Waals surface area contributed by atoms with Gasteiger partial charge in [0.2, 0.25) is 0 Å². The maximum atomic E-state index is 11.0. The maximum Gasteiger partial charge on any atom is 0.270 e. The lowest BCUT2D eigenvalue weighted by Gasteiger charge is -2.40. The molecular formula is C20H21N2O3+. The molecule has 5 heteroatoms. The second kappa shape index (κ2) is 6.33. The van der Waals surface area contributed by atoms with Crippen molar-refractivity contribution in [3.63, 3.8) is 0 Å². The van der Waals surface area contributed by atoms with Crippen molar-refractivity contribution >= 4 is 11.8 Å². The Morgan fingerprint density at radius 1 is 1.16 bits per heavy atom. The summed E-state index contributed by atoms with van der Waals surface area (Å²) in [6.45, 7) is 0.848. The Balaban J connectivity index is 1.65. The van der Waals surface area contributed by atoms with Crippen molar-refractivity contribution in [3.8, 4) is 5.75 Å². The van der Waals surface area contributed by atoms with Gasteiger partial charge in [0.15, 0.2) is 0 Å². The van der Waals surface area contributed by atoms with Crippen LogP contribution < -0.4 is 10.1 Å². The molecular weight excluding hydrogens is 316 g/mol. The fourth-order valence-electron chi connectivity index (χ4n) is 3.80. The number of ether oxygens (including phenoxy) is 1. The first kappa shape index (κ1) is 15.8. The molecule has 2 N–H and O–H groups in total. The van der Waals surface area contributed by atoms with Gasteiger partial charge in [-0.15, -0.1) is 0 Å². The zero-order valence-corrected chi connectivity index (χ0v) is 14.0. The summed E-state index contributed by atoms with van der Waals surface area (Å²) < 4.78 is 6.43. The molecule has 1 aliphatic heterocycles. The molecule has 0 amide bonds. The standard InChI is InChI=1S/C20H20N2O3/c23-22(24)18-9-10-19-16(13-18)12-17-8-4-5-11-20(17,25-19)21-14-15-6-2-1-3-7-15/h1-3,6-7,9-10,12-13,21H,4-5,8,11,14H2/p+1. The van der Waals surface area contributed by atoms with Gasteiger partial charge in [0, 0.05) is 35.3 Å². The highest BCUT2D eigenvalue weighted by Crippen LogP contribution is 2.41. The number of nitrogens with two attached hydrogens (primary N) is 1. The molecule has 1 aliphatic carbocycles. The van der Waals surface area contributed by atoms with Gasteiger partial charge in [-0.05, 0) is 31.4 Å². The molecule has 1 unspecified atom stereocenters. The SMILES string of the molecule is O=[N+]([O-])c1ccc2c(c1)C=C1CCCCC1([NH2+]Cc1ccccc1)O2. The Bertz CT molecular complexity index is 832. The molecule has 0 saturated heterocycles. The van der Waals surface area contributed by atoms with E-state index < -0.39 is 0 Å². The molecule has 128 valence electrons. The molecule has 1 fully saturated rings. The molecule has 0 spiro atoms. The normalized spacial score (nSPS) is 21.5. The van der Waals surface area contributed by atoms with Gasteiger partial charge in [-0.1, -0.05) is 30.3 Å². The average Bonchev–Trinajstić information content (AvgIpc) is 2.65. The van der Waals surface area contributed by atoms with E-state index in [4.69, 9.17) is 4.74 Å². The van der Waals surface area contributed by atoms with Gasteiger partial charge in [0.25, 0.3) is 11.4 Å². The second-order valence-electron chi connectivity index (χ2n) is 6.74. The maximum absolute atomic E-state index is 11.0. The van der Waals surface area contributed by atoms with Crippen LogP contribution in [-0.2, 0) is 6.54 Å². The fourth-order valence-corrected chi connectivity index (χ4v) is 3.80. The van der Waals surface area contributed by atoms with Crippen LogP contribution in [-0.4, -0.2) is 10.6 Å². The number of non-ortho nitro benzene ring substituents is 1. The van der Waals surface area contributed by atoms with Crippen molar-refractivity contribution in [2.24, 2.45) is 0 Å². The zero-order valence-electron chi connectivity index (χ0n) is 14.0. The topological polar surface area (TPSA) is 69.0 Å². The number of hydrogen-bond donors (Lipinski definition) is 1. The average molecular weight is 337 g/mol. The van der Waals surface area contributed by atoms with Crippen LogP contribution in [0.25, 0.3) is 6.08 Å². The quantitative estimate of drug-likeness (QED) is 0.687. The van der Waals surface area contributed by atoms with Crippen LogP contribution in [0.2, 0.25) is 0 Å². The summed E-state index contributed by atoms with van der Waals surface area (Å²) >= 11 is 0. The Morgan fingerprint density at radius 3 is 2.80 bits per heavy atom. The van der Waals surface area contributed by atoms with E-state index in [1.54, 1.807) is 12.1 Å².